The minimum Gasteiger partial charge on any atom is -0.342 e. The van der Waals surface area contributed by atoms with Gasteiger partial charge in [-0.05, 0) is 19.1 Å². The number of nitrogens with zero attached hydrogens (tertiary/aromatic N) is 6. The highest BCUT2D eigenvalue weighted by molar-refractivity contribution is 7.13. The molecule has 1 unspecified atom stereocenters. The van der Waals surface area contributed by atoms with E-state index in [0.29, 0.717) is 26.6 Å². The zero-order valence-corrected chi connectivity index (χ0v) is 16.3. The van der Waals surface area contributed by atoms with Crippen LogP contribution in [0, 0.1) is 0 Å². The normalized spacial score (nSPS) is 11.9. The lowest BCUT2D eigenvalue weighted by Crippen LogP contribution is -2.27. The maximum atomic E-state index is 12.7. The van der Waals surface area contributed by atoms with Gasteiger partial charge in [0.05, 0.1) is 35.7 Å². The van der Waals surface area contributed by atoms with Crippen LogP contribution in [-0.4, -0.2) is 41.5 Å². The van der Waals surface area contributed by atoms with Crippen LogP contribution in [0.4, 0.5) is 5.69 Å². The number of hydrogen-bond acceptors (Lipinski definition) is 8. The van der Waals surface area contributed by atoms with Crippen LogP contribution >= 0.6 is 11.3 Å². The summed E-state index contributed by atoms with van der Waals surface area (Å²) in [7, 11) is 1.74. The van der Waals surface area contributed by atoms with Gasteiger partial charge in [0.2, 0.25) is 0 Å². The lowest BCUT2D eigenvalue weighted by atomic mass is 10.2. The van der Waals surface area contributed by atoms with E-state index < -0.39 is 6.04 Å². The Bertz CT molecular complexity index is 1190. The van der Waals surface area contributed by atoms with Gasteiger partial charge in [-0.15, -0.1) is 11.3 Å². The molecule has 0 saturated carbocycles. The van der Waals surface area contributed by atoms with Gasteiger partial charge in [0.25, 0.3) is 11.8 Å². The van der Waals surface area contributed by atoms with Crippen LogP contribution in [0.5, 0.6) is 0 Å². The average molecular weight is 408 g/mol. The van der Waals surface area contributed by atoms with E-state index in [4.69, 9.17) is 0 Å². The molecule has 4 rings (SSSR count). The molecular weight excluding hydrogens is 392 g/mol. The summed E-state index contributed by atoms with van der Waals surface area (Å²) in [5.74, 6) is -0.650. The van der Waals surface area contributed by atoms with Crippen molar-refractivity contribution in [1.82, 2.24) is 35.0 Å². The second-order valence-corrected chi connectivity index (χ2v) is 7.24. The Morgan fingerprint density at radius 1 is 1.14 bits per heavy atom. The van der Waals surface area contributed by atoms with Crippen molar-refractivity contribution in [3.05, 3.63) is 58.8 Å². The summed E-state index contributed by atoms with van der Waals surface area (Å²) in [5, 5.41) is 10.9. The van der Waals surface area contributed by atoms with Gasteiger partial charge in [-0.3, -0.25) is 19.3 Å². The van der Waals surface area contributed by atoms with Gasteiger partial charge in [0, 0.05) is 13.2 Å². The van der Waals surface area contributed by atoms with Crippen molar-refractivity contribution >= 4 is 39.9 Å². The van der Waals surface area contributed by atoms with Crippen molar-refractivity contribution < 1.29 is 9.59 Å². The van der Waals surface area contributed by atoms with Gasteiger partial charge < -0.3 is 10.6 Å². The number of aryl methyl sites for hydroxylation is 1. The van der Waals surface area contributed by atoms with Crippen molar-refractivity contribution in [2.75, 3.05) is 5.32 Å². The number of pyridine rings is 1. The molecule has 10 nitrogen and oxygen atoms in total. The van der Waals surface area contributed by atoms with Gasteiger partial charge in [0.1, 0.15) is 21.9 Å². The van der Waals surface area contributed by atoms with Crippen molar-refractivity contribution in [2.45, 2.75) is 13.0 Å². The first-order valence-corrected chi connectivity index (χ1v) is 9.45. The number of carbonyl (C=O) groups excluding carboxylic acids is 2. The lowest BCUT2D eigenvalue weighted by molar-refractivity contribution is 0.0936. The van der Waals surface area contributed by atoms with Crippen LogP contribution in [0.1, 0.15) is 38.1 Å². The fourth-order valence-electron chi connectivity index (χ4n) is 2.69. The van der Waals surface area contributed by atoms with Crippen LogP contribution in [0.15, 0.2) is 43.2 Å². The predicted molar refractivity (Wildman–Crippen MR) is 106 cm³/mol. The molecule has 0 aliphatic carbocycles. The van der Waals surface area contributed by atoms with Gasteiger partial charge in [-0.1, -0.05) is 0 Å². The van der Waals surface area contributed by atoms with E-state index in [0.717, 1.165) is 0 Å². The monoisotopic (exact) mass is 408 g/mol. The zero-order chi connectivity index (χ0) is 20.4. The molecule has 0 radical (unpaired) electrons. The van der Waals surface area contributed by atoms with E-state index in [-0.39, 0.29) is 17.5 Å². The summed E-state index contributed by atoms with van der Waals surface area (Å²) in [6.45, 7) is 1.79. The highest BCUT2D eigenvalue weighted by Gasteiger charge is 2.20. The molecule has 4 aromatic rings. The Kier molecular flexibility index (Phi) is 4.96. The van der Waals surface area contributed by atoms with Crippen LogP contribution in [0.2, 0.25) is 0 Å². The number of aromatic nitrogens is 6. The lowest BCUT2D eigenvalue weighted by Gasteiger charge is -2.11. The molecule has 4 heterocycles. The minimum absolute atomic E-state index is 0.237. The summed E-state index contributed by atoms with van der Waals surface area (Å²) in [6, 6.07) is 3.07. The van der Waals surface area contributed by atoms with E-state index in [2.05, 4.69) is 35.7 Å². The van der Waals surface area contributed by atoms with Crippen molar-refractivity contribution in [1.29, 1.82) is 0 Å². The first kappa shape index (κ1) is 18.6. The highest BCUT2D eigenvalue weighted by Crippen LogP contribution is 2.22. The third-order valence-electron chi connectivity index (χ3n) is 4.13. The Labute approximate surface area is 169 Å². The van der Waals surface area contributed by atoms with E-state index in [9.17, 15) is 9.59 Å². The number of carbonyl (C=O) groups is 2. The number of anilines is 1. The molecule has 2 amide bonds. The largest absolute Gasteiger partial charge is 0.342 e. The first-order valence-electron chi connectivity index (χ1n) is 8.63. The molecule has 4 aromatic heterocycles. The molecule has 1 atom stereocenters. The molecule has 2 N–H and O–H groups in total. The van der Waals surface area contributed by atoms with Crippen molar-refractivity contribution in [3.8, 4) is 0 Å². The molecule has 0 spiro atoms. The zero-order valence-electron chi connectivity index (χ0n) is 15.5. The smallest absolute Gasteiger partial charge is 0.271 e. The molecule has 146 valence electrons. The maximum Gasteiger partial charge on any atom is 0.271 e. The Morgan fingerprint density at radius 3 is 2.79 bits per heavy atom. The Balaban J connectivity index is 1.47. The maximum absolute atomic E-state index is 12.7. The second-order valence-electron chi connectivity index (χ2n) is 6.18. The summed E-state index contributed by atoms with van der Waals surface area (Å²) in [6.07, 6.45) is 7.55. The summed E-state index contributed by atoms with van der Waals surface area (Å²) >= 11 is 1.21. The van der Waals surface area contributed by atoms with Gasteiger partial charge in [-0.25, -0.2) is 15.0 Å². The van der Waals surface area contributed by atoms with E-state index in [1.807, 2.05) is 0 Å². The fourth-order valence-corrected chi connectivity index (χ4v) is 3.51. The van der Waals surface area contributed by atoms with Crippen molar-refractivity contribution in [3.63, 3.8) is 0 Å². The summed E-state index contributed by atoms with van der Waals surface area (Å²) in [5.41, 5.74) is 1.40. The minimum atomic E-state index is -0.408. The van der Waals surface area contributed by atoms with Crippen LogP contribution in [0.3, 0.4) is 0 Å². The van der Waals surface area contributed by atoms with E-state index >= 15 is 0 Å². The summed E-state index contributed by atoms with van der Waals surface area (Å²) in [4.78, 5) is 41.9. The Hall–Kier alpha value is -3.73. The number of nitrogens with one attached hydrogen (secondary N) is 2. The SMILES string of the molecule is CC(NC(=O)c1ncnc2c1cnn2C)c1ncc(C(=O)Nc2cccnc2)s1. The molecule has 11 heteroatoms. The van der Waals surface area contributed by atoms with Crippen LogP contribution < -0.4 is 10.6 Å². The fraction of sp³-hybridized carbons (Fsp3) is 0.167. The molecule has 0 saturated heterocycles. The molecule has 0 fully saturated rings. The van der Waals surface area contributed by atoms with E-state index in [1.165, 1.54) is 23.9 Å². The van der Waals surface area contributed by atoms with Gasteiger partial charge in [0.15, 0.2) is 5.65 Å². The quantitative estimate of drug-likeness (QED) is 0.517. The molecule has 0 bridgehead atoms. The highest BCUT2D eigenvalue weighted by atomic mass is 32.1. The van der Waals surface area contributed by atoms with Crippen molar-refractivity contribution in [2.24, 2.45) is 7.05 Å². The van der Waals surface area contributed by atoms with Gasteiger partial charge >= 0.3 is 0 Å². The van der Waals surface area contributed by atoms with Crippen LogP contribution in [0.25, 0.3) is 11.0 Å². The third-order valence-corrected chi connectivity index (χ3v) is 5.31. The number of hydrogen-bond donors (Lipinski definition) is 2. The average Bonchev–Trinajstić information content (AvgIpc) is 3.36. The van der Waals surface area contributed by atoms with E-state index in [1.54, 1.807) is 49.4 Å². The number of rotatable bonds is 5. The number of fused-ring (bicyclic) bond motifs is 1. The molecule has 0 aliphatic heterocycles. The second kappa shape index (κ2) is 7.72. The summed E-state index contributed by atoms with van der Waals surface area (Å²) < 4.78 is 1.57. The van der Waals surface area contributed by atoms with Crippen LogP contribution in [-0.2, 0) is 7.05 Å². The Morgan fingerprint density at radius 2 is 2.00 bits per heavy atom. The standard InChI is InChI=1S/C18H16N8O2S/c1-10(24-17(28)14-12-7-23-26(2)15(12)22-9-21-14)18-20-8-13(29-18)16(27)25-11-4-3-5-19-6-11/h3-10H,1-2H3,(H,24,28)(H,25,27). The molecule has 29 heavy (non-hydrogen) atoms. The molecule has 0 aromatic carbocycles. The third kappa shape index (κ3) is 3.80. The molecular formula is C18H16N8O2S. The predicted octanol–water partition coefficient (Wildman–Crippen LogP) is 1.96. The van der Waals surface area contributed by atoms with Gasteiger partial charge in [-0.2, -0.15) is 5.10 Å². The number of thiazole rings is 1. The first-order chi connectivity index (χ1) is 14.0. The molecule has 0 aliphatic rings. The number of amides is 2. The topological polar surface area (TPSA) is 128 Å².